The van der Waals surface area contributed by atoms with Crippen molar-refractivity contribution in [1.29, 1.82) is 0 Å². The van der Waals surface area contributed by atoms with Gasteiger partial charge in [0.05, 0.1) is 18.7 Å². The molecule has 0 aliphatic carbocycles. The molecule has 0 saturated carbocycles. The summed E-state index contributed by atoms with van der Waals surface area (Å²) in [4.78, 5) is 25.8. The molecular weight excluding hydrogens is 270 g/mol. The largest absolute Gasteiger partial charge is 0.463 e. The molecule has 118 valence electrons. The van der Waals surface area contributed by atoms with E-state index in [2.05, 4.69) is 29.4 Å². The van der Waals surface area contributed by atoms with Gasteiger partial charge in [-0.15, -0.1) is 0 Å². The highest BCUT2D eigenvalue weighted by Crippen LogP contribution is 2.22. The van der Waals surface area contributed by atoms with E-state index in [1.807, 2.05) is 0 Å². The van der Waals surface area contributed by atoms with Crippen LogP contribution in [0.2, 0.25) is 0 Å². The summed E-state index contributed by atoms with van der Waals surface area (Å²) in [6.07, 6.45) is 1.23. The van der Waals surface area contributed by atoms with Crippen LogP contribution in [-0.4, -0.2) is 49.7 Å². The van der Waals surface area contributed by atoms with Gasteiger partial charge < -0.3 is 15.4 Å². The number of ether oxygens (including phenoxy) is 1. The Labute approximate surface area is 125 Å². The van der Waals surface area contributed by atoms with Gasteiger partial charge in [0.1, 0.15) is 0 Å². The first-order valence-electron chi connectivity index (χ1n) is 7.66. The summed E-state index contributed by atoms with van der Waals surface area (Å²) in [5.41, 5.74) is 1.21. The van der Waals surface area contributed by atoms with Crippen molar-refractivity contribution in [3.63, 3.8) is 0 Å². The van der Waals surface area contributed by atoms with Crippen molar-refractivity contribution < 1.29 is 14.3 Å². The summed E-state index contributed by atoms with van der Waals surface area (Å²) >= 11 is 0. The second-order valence-electron chi connectivity index (χ2n) is 6.13. The molecule has 2 rings (SSSR count). The number of piperidine rings is 1. The number of amides is 2. The minimum absolute atomic E-state index is 0.235. The van der Waals surface area contributed by atoms with Gasteiger partial charge >= 0.3 is 12.0 Å². The molecule has 2 heterocycles. The molecule has 0 radical (unpaired) electrons. The Morgan fingerprint density at radius 1 is 1.33 bits per heavy atom. The fourth-order valence-corrected chi connectivity index (χ4v) is 3.23. The van der Waals surface area contributed by atoms with Crippen LogP contribution in [0.4, 0.5) is 4.79 Å². The van der Waals surface area contributed by atoms with Gasteiger partial charge in [-0.3, -0.25) is 4.90 Å². The van der Waals surface area contributed by atoms with E-state index >= 15 is 0 Å². The molecule has 2 atom stereocenters. The third kappa shape index (κ3) is 4.20. The molecule has 0 aromatic carbocycles. The summed E-state index contributed by atoms with van der Waals surface area (Å²) in [6.45, 7) is 9.41. The fraction of sp³-hybridized carbons (Fsp3) is 0.733. The molecule has 2 N–H and O–H groups in total. The molecule has 1 saturated heterocycles. The van der Waals surface area contributed by atoms with E-state index in [1.54, 1.807) is 6.92 Å². The lowest BCUT2D eigenvalue weighted by molar-refractivity contribution is -0.138. The van der Waals surface area contributed by atoms with E-state index in [1.165, 1.54) is 6.42 Å². The molecule has 1 fully saturated rings. The highest BCUT2D eigenvalue weighted by Gasteiger charge is 2.27. The van der Waals surface area contributed by atoms with Gasteiger partial charge in [0.2, 0.25) is 0 Å². The zero-order valence-electron chi connectivity index (χ0n) is 13.1. The minimum Gasteiger partial charge on any atom is -0.463 e. The normalized spacial score (nSPS) is 27.1. The first-order chi connectivity index (χ1) is 9.99. The lowest BCUT2D eigenvalue weighted by Gasteiger charge is -2.36. The molecule has 0 aromatic rings. The number of nitrogens with one attached hydrogen (secondary N) is 2. The fourth-order valence-electron chi connectivity index (χ4n) is 3.23. The maximum absolute atomic E-state index is 12.0. The Balaban J connectivity index is 2.11. The van der Waals surface area contributed by atoms with Crippen molar-refractivity contribution in [1.82, 2.24) is 15.5 Å². The average Bonchev–Trinajstić information content (AvgIpc) is 2.37. The molecule has 2 amide bonds. The van der Waals surface area contributed by atoms with Gasteiger partial charge in [0.25, 0.3) is 0 Å². The summed E-state index contributed by atoms with van der Waals surface area (Å²) in [7, 11) is 0. The molecular formula is C15H25N3O3. The van der Waals surface area contributed by atoms with Crippen molar-refractivity contribution in [3.8, 4) is 0 Å². The van der Waals surface area contributed by atoms with Crippen molar-refractivity contribution in [2.75, 3.05) is 32.8 Å². The van der Waals surface area contributed by atoms with Crippen molar-refractivity contribution in [2.24, 2.45) is 11.8 Å². The lowest BCUT2D eigenvalue weighted by atomic mass is 9.91. The Morgan fingerprint density at radius 2 is 2.00 bits per heavy atom. The maximum atomic E-state index is 12.0. The summed E-state index contributed by atoms with van der Waals surface area (Å²) in [5, 5.41) is 5.40. The van der Waals surface area contributed by atoms with Crippen LogP contribution in [0.1, 0.15) is 27.2 Å². The Kier molecular flexibility index (Phi) is 5.22. The van der Waals surface area contributed by atoms with Gasteiger partial charge in [-0.05, 0) is 25.2 Å². The Morgan fingerprint density at radius 3 is 2.62 bits per heavy atom. The maximum Gasteiger partial charge on any atom is 0.337 e. The van der Waals surface area contributed by atoms with Crippen LogP contribution in [0.25, 0.3) is 0 Å². The average molecular weight is 295 g/mol. The van der Waals surface area contributed by atoms with Crippen LogP contribution >= 0.6 is 0 Å². The predicted molar refractivity (Wildman–Crippen MR) is 79.6 cm³/mol. The molecule has 2 aliphatic rings. The highest BCUT2D eigenvalue weighted by molar-refractivity contribution is 5.93. The van der Waals surface area contributed by atoms with E-state index in [4.69, 9.17) is 4.74 Å². The van der Waals surface area contributed by atoms with Crippen LogP contribution in [0.5, 0.6) is 0 Å². The molecule has 6 nitrogen and oxygen atoms in total. The SMILES string of the molecule is CCOC(=O)C1=C(CN2C[C@H](C)C[C@H](C)C2)NC(=O)NC1. The summed E-state index contributed by atoms with van der Waals surface area (Å²) < 4.78 is 5.07. The van der Waals surface area contributed by atoms with E-state index < -0.39 is 0 Å². The van der Waals surface area contributed by atoms with Crippen LogP contribution < -0.4 is 10.6 Å². The molecule has 0 spiro atoms. The number of carbonyl (C=O) groups is 2. The number of esters is 1. The van der Waals surface area contributed by atoms with E-state index in [0.29, 0.717) is 36.3 Å². The smallest absolute Gasteiger partial charge is 0.337 e. The van der Waals surface area contributed by atoms with E-state index in [-0.39, 0.29) is 18.5 Å². The number of rotatable bonds is 4. The van der Waals surface area contributed by atoms with Gasteiger partial charge in [0, 0.05) is 25.3 Å². The molecule has 0 unspecified atom stereocenters. The second kappa shape index (κ2) is 6.93. The monoisotopic (exact) mass is 295 g/mol. The Bertz CT molecular complexity index is 437. The number of likely N-dealkylation sites (tertiary alicyclic amines) is 1. The third-order valence-corrected chi connectivity index (χ3v) is 3.90. The van der Waals surface area contributed by atoms with Crippen molar-refractivity contribution in [3.05, 3.63) is 11.3 Å². The zero-order valence-corrected chi connectivity index (χ0v) is 13.1. The number of nitrogens with zero attached hydrogens (tertiary/aromatic N) is 1. The van der Waals surface area contributed by atoms with Crippen molar-refractivity contribution in [2.45, 2.75) is 27.2 Å². The number of carbonyl (C=O) groups excluding carboxylic acids is 2. The van der Waals surface area contributed by atoms with Gasteiger partial charge in [-0.25, -0.2) is 9.59 Å². The highest BCUT2D eigenvalue weighted by atomic mass is 16.5. The third-order valence-electron chi connectivity index (χ3n) is 3.90. The molecule has 6 heteroatoms. The number of hydrogen-bond donors (Lipinski definition) is 2. The first-order valence-corrected chi connectivity index (χ1v) is 7.66. The van der Waals surface area contributed by atoms with Gasteiger partial charge in [0.15, 0.2) is 0 Å². The predicted octanol–water partition coefficient (Wildman–Crippen LogP) is 1.09. The van der Waals surface area contributed by atoms with Crippen LogP contribution in [0, 0.1) is 11.8 Å². The van der Waals surface area contributed by atoms with Crippen LogP contribution in [0.3, 0.4) is 0 Å². The minimum atomic E-state index is -0.349. The molecule has 0 aromatic heterocycles. The van der Waals surface area contributed by atoms with Crippen LogP contribution in [0.15, 0.2) is 11.3 Å². The van der Waals surface area contributed by atoms with Gasteiger partial charge in [-0.2, -0.15) is 0 Å². The topological polar surface area (TPSA) is 70.7 Å². The lowest BCUT2D eigenvalue weighted by Crippen LogP contribution is -2.48. The van der Waals surface area contributed by atoms with E-state index in [9.17, 15) is 9.59 Å². The number of hydrogen-bond acceptors (Lipinski definition) is 4. The number of urea groups is 1. The molecule has 2 aliphatic heterocycles. The zero-order chi connectivity index (χ0) is 15.4. The molecule has 0 bridgehead atoms. The standard InChI is InChI=1S/C15H25N3O3/c1-4-21-14(19)12-6-16-15(20)17-13(12)9-18-7-10(2)5-11(3)8-18/h10-11H,4-9H2,1-3H3,(H2,16,17,20)/t10-,11+. The first kappa shape index (κ1) is 15.8. The van der Waals surface area contributed by atoms with E-state index in [0.717, 1.165) is 13.1 Å². The summed E-state index contributed by atoms with van der Waals surface area (Å²) in [6, 6.07) is -0.254. The molecule has 21 heavy (non-hydrogen) atoms. The Hall–Kier alpha value is -1.56. The van der Waals surface area contributed by atoms with Crippen molar-refractivity contribution >= 4 is 12.0 Å². The summed E-state index contributed by atoms with van der Waals surface area (Å²) in [5.74, 6) is 0.925. The second-order valence-corrected chi connectivity index (χ2v) is 6.13. The van der Waals surface area contributed by atoms with Gasteiger partial charge in [-0.1, -0.05) is 13.8 Å². The van der Waals surface area contributed by atoms with Crippen LogP contribution in [-0.2, 0) is 9.53 Å². The quantitative estimate of drug-likeness (QED) is 0.762.